The average Bonchev–Trinajstić information content (AvgIpc) is 3.05. The van der Waals surface area contributed by atoms with Crippen molar-refractivity contribution >= 4 is 17.3 Å². The second kappa shape index (κ2) is 10.7. The molecule has 0 radical (unpaired) electrons. The van der Waals surface area contributed by atoms with Gasteiger partial charge in [-0.25, -0.2) is 4.98 Å². The molecule has 7 heteroatoms. The molecule has 0 aliphatic heterocycles. The number of nitrogens with one attached hydrogen (secondary N) is 2. The topological polar surface area (TPSA) is 67.8 Å². The molecular weight excluding hydrogens is 336 g/mol. The molecule has 0 atom stereocenters. The summed E-state index contributed by atoms with van der Waals surface area (Å²) in [4.78, 5) is 9.80. The van der Waals surface area contributed by atoms with Crippen LogP contribution in [0, 0.1) is 6.92 Å². The molecule has 25 heavy (non-hydrogen) atoms. The van der Waals surface area contributed by atoms with Crippen LogP contribution in [0.5, 0.6) is 5.75 Å². The molecule has 136 valence electrons. The molecule has 0 saturated carbocycles. The van der Waals surface area contributed by atoms with Gasteiger partial charge in [-0.3, -0.25) is 4.99 Å². The van der Waals surface area contributed by atoms with Crippen LogP contribution < -0.4 is 15.4 Å². The zero-order chi connectivity index (χ0) is 17.9. The highest BCUT2D eigenvalue weighted by Crippen LogP contribution is 2.13. The van der Waals surface area contributed by atoms with Crippen LogP contribution in [0.3, 0.4) is 0 Å². The van der Waals surface area contributed by atoms with Gasteiger partial charge in [-0.15, -0.1) is 11.3 Å². The minimum atomic E-state index is 0.654. The smallest absolute Gasteiger partial charge is 0.191 e. The van der Waals surface area contributed by atoms with Crippen molar-refractivity contribution in [1.82, 2.24) is 15.6 Å². The van der Waals surface area contributed by atoms with Crippen LogP contribution in [0.1, 0.15) is 21.9 Å². The number of aryl methyl sites for hydroxylation is 1. The minimum absolute atomic E-state index is 0.654. The molecule has 0 aliphatic carbocycles. The number of ether oxygens (including phenoxy) is 2. The Labute approximate surface area is 153 Å². The van der Waals surface area contributed by atoms with Crippen molar-refractivity contribution in [3.05, 3.63) is 45.9 Å². The van der Waals surface area contributed by atoms with E-state index < -0.39 is 0 Å². The van der Waals surface area contributed by atoms with Crippen molar-refractivity contribution in [3.8, 4) is 5.75 Å². The number of methoxy groups -OCH3 is 1. The predicted octanol–water partition coefficient (Wildman–Crippen LogP) is 2.73. The Morgan fingerprint density at radius 1 is 1.24 bits per heavy atom. The molecule has 0 spiro atoms. The van der Waals surface area contributed by atoms with Crippen molar-refractivity contribution in [2.45, 2.75) is 26.4 Å². The van der Waals surface area contributed by atoms with Crippen LogP contribution in [0.2, 0.25) is 0 Å². The van der Waals surface area contributed by atoms with E-state index in [4.69, 9.17) is 9.47 Å². The minimum Gasteiger partial charge on any atom is -0.493 e. The number of nitrogens with zero attached hydrogens (tertiary/aromatic N) is 2. The van der Waals surface area contributed by atoms with E-state index in [1.54, 1.807) is 25.5 Å². The van der Waals surface area contributed by atoms with Gasteiger partial charge in [0.05, 0.1) is 13.2 Å². The molecule has 1 heterocycles. The lowest BCUT2D eigenvalue weighted by Crippen LogP contribution is -2.36. The quantitative estimate of drug-likeness (QED) is 0.408. The van der Waals surface area contributed by atoms with Crippen LogP contribution in [0.15, 0.2) is 35.5 Å². The Morgan fingerprint density at radius 3 is 2.80 bits per heavy atom. The van der Waals surface area contributed by atoms with E-state index in [0.29, 0.717) is 26.3 Å². The van der Waals surface area contributed by atoms with E-state index >= 15 is 0 Å². The second-order valence-corrected chi connectivity index (χ2v) is 6.81. The third-order valence-corrected chi connectivity index (χ3v) is 4.33. The molecule has 0 saturated heterocycles. The van der Waals surface area contributed by atoms with Crippen molar-refractivity contribution in [2.24, 2.45) is 4.99 Å². The normalized spacial score (nSPS) is 11.4. The molecule has 1 aromatic heterocycles. The fourth-order valence-corrected chi connectivity index (χ4v) is 2.91. The van der Waals surface area contributed by atoms with Gasteiger partial charge in [0, 0.05) is 44.8 Å². The number of hydrogen-bond acceptors (Lipinski definition) is 5. The molecular formula is C18H26N4O2S. The first-order valence-electron chi connectivity index (χ1n) is 8.27. The fraction of sp³-hybridized carbons (Fsp3) is 0.444. The molecule has 2 rings (SSSR count). The maximum absolute atomic E-state index is 5.73. The summed E-state index contributed by atoms with van der Waals surface area (Å²) in [7, 11) is 3.46. The van der Waals surface area contributed by atoms with Crippen LogP contribution in [0.4, 0.5) is 0 Å². The number of benzene rings is 1. The molecule has 0 unspecified atom stereocenters. The summed E-state index contributed by atoms with van der Waals surface area (Å²) in [6, 6.07) is 8.06. The molecule has 6 nitrogen and oxygen atoms in total. The average molecular weight is 362 g/mol. The summed E-state index contributed by atoms with van der Waals surface area (Å²) in [5.74, 6) is 1.62. The van der Waals surface area contributed by atoms with Gasteiger partial charge in [0.15, 0.2) is 5.96 Å². The van der Waals surface area contributed by atoms with E-state index in [9.17, 15) is 0 Å². The molecule has 0 bridgehead atoms. The van der Waals surface area contributed by atoms with Crippen LogP contribution in [-0.4, -0.2) is 38.3 Å². The first-order valence-corrected chi connectivity index (χ1v) is 9.09. The number of guanidine groups is 1. The predicted molar refractivity (Wildman–Crippen MR) is 102 cm³/mol. The number of rotatable bonds is 9. The molecule has 2 N–H and O–H groups in total. The van der Waals surface area contributed by atoms with Crippen molar-refractivity contribution < 1.29 is 9.47 Å². The highest BCUT2D eigenvalue weighted by atomic mass is 32.1. The number of aliphatic imine (C=N–C) groups is 1. The SMILES string of the molecule is CN=C(NCc1cccc(OCCCOC)c1)NCc1ncc(C)s1. The van der Waals surface area contributed by atoms with Gasteiger partial charge < -0.3 is 20.1 Å². The van der Waals surface area contributed by atoms with Crippen molar-refractivity contribution in [1.29, 1.82) is 0 Å². The van der Waals surface area contributed by atoms with Gasteiger partial charge in [0.25, 0.3) is 0 Å². The molecule has 1 aromatic carbocycles. The third-order valence-electron chi connectivity index (χ3n) is 3.42. The summed E-state index contributed by atoms with van der Waals surface area (Å²) < 4.78 is 10.8. The standard InChI is InChI=1S/C18H26N4O2S/c1-14-11-20-17(25-14)13-22-18(19-2)21-12-15-6-4-7-16(10-15)24-9-5-8-23-3/h4,6-7,10-11H,5,8-9,12-13H2,1-3H3,(H2,19,21,22). The summed E-state index contributed by atoms with van der Waals surface area (Å²) in [6.07, 6.45) is 2.77. The molecule has 0 aliphatic rings. The Bertz CT molecular complexity index is 673. The maximum atomic E-state index is 5.73. The van der Waals surface area contributed by atoms with Gasteiger partial charge in [-0.05, 0) is 24.6 Å². The Hall–Kier alpha value is -2.12. The molecule has 2 aromatic rings. The lowest BCUT2D eigenvalue weighted by Gasteiger charge is -2.12. The summed E-state index contributed by atoms with van der Waals surface area (Å²) in [6.45, 7) is 4.76. The Morgan fingerprint density at radius 2 is 2.08 bits per heavy atom. The van der Waals surface area contributed by atoms with E-state index in [0.717, 1.165) is 28.7 Å². The van der Waals surface area contributed by atoms with Crippen LogP contribution in [0.25, 0.3) is 0 Å². The van der Waals surface area contributed by atoms with Gasteiger partial charge in [0.1, 0.15) is 10.8 Å². The van der Waals surface area contributed by atoms with Crippen LogP contribution >= 0.6 is 11.3 Å². The number of thiazole rings is 1. The van der Waals surface area contributed by atoms with Gasteiger partial charge in [-0.2, -0.15) is 0 Å². The van der Waals surface area contributed by atoms with Gasteiger partial charge in [0.2, 0.25) is 0 Å². The molecule has 0 fully saturated rings. The van der Waals surface area contributed by atoms with Crippen molar-refractivity contribution in [2.75, 3.05) is 27.4 Å². The summed E-state index contributed by atoms with van der Waals surface area (Å²) >= 11 is 1.69. The van der Waals surface area contributed by atoms with E-state index in [2.05, 4.69) is 33.6 Å². The Balaban J connectivity index is 1.78. The van der Waals surface area contributed by atoms with Gasteiger partial charge in [-0.1, -0.05) is 12.1 Å². The first kappa shape index (κ1) is 19.2. The van der Waals surface area contributed by atoms with E-state index in [1.807, 2.05) is 24.4 Å². The van der Waals surface area contributed by atoms with Crippen LogP contribution in [-0.2, 0) is 17.8 Å². The highest BCUT2D eigenvalue weighted by molar-refractivity contribution is 7.11. The summed E-state index contributed by atoms with van der Waals surface area (Å²) in [5.41, 5.74) is 1.14. The Kier molecular flexibility index (Phi) is 8.21. The van der Waals surface area contributed by atoms with E-state index in [1.165, 1.54) is 4.88 Å². The first-order chi connectivity index (χ1) is 12.2. The lowest BCUT2D eigenvalue weighted by molar-refractivity contribution is 0.172. The zero-order valence-electron chi connectivity index (χ0n) is 15.0. The van der Waals surface area contributed by atoms with Gasteiger partial charge >= 0.3 is 0 Å². The van der Waals surface area contributed by atoms with Crippen molar-refractivity contribution in [3.63, 3.8) is 0 Å². The highest BCUT2D eigenvalue weighted by Gasteiger charge is 2.03. The number of hydrogen-bond donors (Lipinski definition) is 2. The third kappa shape index (κ3) is 7.11. The second-order valence-electron chi connectivity index (χ2n) is 5.49. The van der Waals surface area contributed by atoms with E-state index in [-0.39, 0.29) is 0 Å². The lowest BCUT2D eigenvalue weighted by atomic mass is 10.2. The fourth-order valence-electron chi connectivity index (χ4n) is 2.19. The zero-order valence-corrected chi connectivity index (χ0v) is 15.9. The monoisotopic (exact) mass is 362 g/mol. The maximum Gasteiger partial charge on any atom is 0.191 e. The largest absolute Gasteiger partial charge is 0.493 e. The number of aromatic nitrogens is 1. The summed E-state index contributed by atoms with van der Waals surface area (Å²) in [5, 5.41) is 7.63. The molecule has 0 amide bonds.